The second kappa shape index (κ2) is 7.93. The summed E-state index contributed by atoms with van der Waals surface area (Å²) in [5.74, 6) is 0.150. The van der Waals surface area contributed by atoms with Crippen molar-refractivity contribution in [3.63, 3.8) is 0 Å². The number of hydrogen-bond acceptors (Lipinski definition) is 4. The Hall–Kier alpha value is -3.16. The molecule has 1 aromatic carbocycles. The molecule has 7 nitrogen and oxygen atoms in total. The number of amides is 1. The van der Waals surface area contributed by atoms with Gasteiger partial charge in [0.15, 0.2) is 0 Å². The Bertz CT molecular complexity index is 1190. The number of carbonyl (C=O) groups is 1. The Morgan fingerprint density at radius 2 is 2.03 bits per heavy atom. The average molecular weight is 421 g/mol. The monoisotopic (exact) mass is 420 g/mol. The molecule has 0 saturated carbocycles. The molecule has 3 N–H and O–H groups in total. The van der Waals surface area contributed by atoms with E-state index in [1.807, 2.05) is 28.7 Å². The fraction of sp³-hybridized carbons (Fsp3) is 0.227. The number of para-hydroxylation sites is 1. The number of H-pyrrole nitrogens is 1. The molecule has 4 aromatic rings. The lowest BCUT2D eigenvalue weighted by Crippen LogP contribution is -2.27. The number of aromatic nitrogens is 4. The van der Waals surface area contributed by atoms with Gasteiger partial charge in [0, 0.05) is 18.0 Å². The molecule has 0 spiro atoms. The van der Waals surface area contributed by atoms with Gasteiger partial charge in [-0.3, -0.25) is 14.3 Å². The number of benzene rings is 1. The van der Waals surface area contributed by atoms with Crippen molar-refractivity contribution < 1.29 is 4.79 Å². The largest absolute Gasteiger partial charge is 0.319 e. The Labute approximate surface area is 178 Å². The number of fused-ring (bicyclic) bond motifs is 1. The first kappa shape index (κ1) is 18.8. The van der Waals surface area contributed by atoms with Gasteiger partial charge in [-0.1, -0.05) is 23.7 Å². The Kier molecular flexibility index (Phi) is 4.98. The van der Waals surface area contributed by atoms with Crippen LogP contribution < -0.4 is 10.6 Å². The topological polar surface area (TPSA) is 87.1 Å². The van der Waals surface area contributed by atoms with Crippen LogP contribution in [0.25, 0.3) is 16.9 Å². The van der Waals surface area contributed by atoms with E-state index in [1.165, 1.54) is 5.56 Å². The van der Waals surface area contributed by atoms with Gasteiger partial charge in [-0.05, 0) is 61.7 Å². The molecule has 1 aliphatic rings. The Morgan fingerprint density at radius 1 is 1.20 bits per heavy atom. The van der Waals surface area contributed by atoms with Crippen LogP contribution in [0.5, 0.6) is 0 Å². The number of hydrogen-bond donors (Lipinski definition) is 3. The molecule has 1 aliphatic heterocycles. The van der Waals surface area contributed by atoms with Crippen molar-refractivity contribution in [1.29, 1.82) is 0 Å². The van der Waals surface area contributed by atoms with E-state index in [1.54, 1.807) is 24.5 Å². The van der Waals surface area contributed by atoms with Crippen LogP contribution in [0.15, 0.2) is 55.0 Å². The lowest BCUT2D eigenvalue weighted by Gasteiger charge is -2.25. The van der Waals surface area contributed by atoms with Crippen LogP contribution in [0.3, 0.4) is 0 Å². The quantitative estimate of drug-likeness (QED) is 0.464. The number of rotatable bonds is 4. The molecule has 0 unspecified atom stereocenters. The van der Waals surface area contributed by atoms with E-state index in [0.717, 1.165) is 37.2 Å². The lowest BCUT2D eigenvalue weighted by atomic mass is 9.87. The van der Waals surface area contributed by atoms with E-state index in [-0.39, 0.29) is 5.91 Å². The van der Waals surface area contributed by atoms with Crippen molar-refractivity contribution in [3.05, 3.63) is 71.3 Å². The second-order valence-corrected chi connectivity index (χ2v) is 7.85. The molecule has 0 atom stereocenters. The maximum absolute atomic E-state index is 13.0. The van der Waals surface area contributed by atoms with Gasteiger partial charge in [0.2, 0.25) is 0 Å². The predicted molar refractivity (Wildman–Crippen MR) is 117 cm³/mol. The third kappa shape index (κ3) is 3.46. The molecular weight excluding hydrogens is 400 g/mol. The maximum atomic E-state index is 13.0. The molecule has 1 saturated heterocycles. The Balaban J connectivity index is 1.58. The van der Waals surface area contributed by atoms with Crippen LogP contribution in [0.2, 0.25) is 5.02 Å². The van der Waals surface area contributed by atoms with Gasteiger partial charge in [-0.25, -0.2) is 4.98 Å². The van der Waals surface area contributed by atoms with Crippen LogP contribution in [-0.4, -0.2) is 38.6 Å². The molecule has 5 rings (SSSR count). The van der Waals surface area contributed by atoms with Gasteiger partial charge in [-0.15, -0.1) is 0 Å². The van der Waals surface area contributed by atoms with Crippen molar-refractivity contribution in [1.82, 2.24) is 24.9 Å². The second-order valence-electron chi connectivity index (χ2n) is 7.44. The van der Waals surface area contributed by atoms with Crippen molar-refractivity contribution in [2.24, 2.45) is 0 Å². The van der Waals surface area contributed by atoms with Crippen molar-refractivity contribution >= 4 is 28.8 Å². The highest BCUT2D eigenvalue weighted by atomic mass is 35.5. The molecule has 1 fully saturated rings. The minimum absolute atomic E-state index is 0.249. The molecule has 30 heavy (non-hydrogen) atoms. The van der Waals surface area contributed by atoms with E-state index in [2.05, 4.69) is 32.0 Å². The summed E-state index contributed by atoms with van der Waals surface area (Å²) in [6.45, 7) is 1.96. The zero-order valence-electron chi connectivity index (χ0n) is 16.2. The van der Waals surface area contributed by atoms with Crippen LogP contribution in [0.4, 0.5) is 5.69 Å². The number of halogens is 1. The van der Waals surface area contributed by atoms with E-state index in [4.69, 9.17) is 11.6 Å². The summed E-state index contributed by atoms with van der Waals surface area (Å²) in [5, 5.41) is 14.0. The van der Waals surface area contributed by atoms with E-state index in [0.29, 0.717) is 28.0 Å². The number of imidazole rings is 1. The SMILES string of the molecule is O=C(Nc1ccccc1Cl)c1cnc2cc(-c3ccn[nH]3)c(C3CCNCC3)cn12. The minimum Gasteiger partial charge on any atom is -0.319 e. The summed E-state index contributed by atoms with van der Waals surface area (Å²) in [4.78, 5) is 17.5. The normalized spacial score (nSPS) is 14.8. The van der Waals surface area contributed by atoms with Crippen molar-refractivity contribution in [3.8, 4) is 11.3 Å². The first-order valence-electron chi connectivity index (χ1n) is 9.98. The highest BCUT2D eigenvalue weighted by Crippen LogP contribution is 2.34. The third-order valence-corrected chi connectivity index (χ3v) is 5.93. The lowest BCUT2D eigenvalue weighted by molar-refractivity contribution is 0.102. The number of nitrogens with one attached hydrogen (secondary N) is 3. The van der Waals surface area contributed by atoms with Gasteiger partial charge in [0.25, 0.3) is 5.91 Å². The summed E-state index contributed by atoms with van der Waals surface area (Å²) in [7, 11) is 0. The fourth-order valence-corrected chi connectivity index (χ4v) is 4.24. The van der Waals surface area contributed by atoms with Gasteiger partial charge in [0.05, 0.1) is 22.6 Å². The highest BCUT2D eigenvalue weighted by molar-refractivity contribution is 6.33. The van der Waals surface area contributed by atoms with Crippen LogP contribution >= 0.6 is 11.6 Å². The van der Waals surface area contributed by atoms with Gasteiger partial charge < -0.3 is 10.6 Å². The summed E-state index contributed by atoms with van der Waals surface area (Å²) in [6, 6.07) is 11.2. The number of pyridine rings is 1. The van der Waals surface area contributed by atoms with E-state index < -0.39 is 0 Å². The molecule has 152 valence electrons. The van der Waals surface area contributed by atoms with E-state index >= 15 is 0 Å². The highest BCUT2D eigenvalue weighted by Gasteiger charge is 2.23. The zero-order valence-corrected chi connectivity index (χ0v) is 17.0. The third-order valence-electron chi connectivity index (χ3n) is 5.60. The summed E-state index contributed by atoms with van der Waals surface area (Å²) in [5.41, 5.74) is 4.98. The molecule has 1 amide bonds. The first-order chi connectivity index (χ1) is 14.7. The van der Waals surface area contributed by atoms with Crippen molar-refractivity contribution in [2.75, 3.05) is 18.4 Å². The van der Waals surface area contributed by atoms with Gasteiger partial charge >= 0.3 is 0 Å². The van der Waals surface area contributed by atoms with Crippen molar-refractivity contribution in [2.45, 2.75) is 18.8 Å². The predicted octanol–water partition coefficient (Wildman–Crippen LogP) is 4.10. The number of aromatic amines is 1. The molecule has 4 heterocycles. The first-order valence-corrected chi connectivity index (χ1v) is 10.4. The summed E-state index contributed by atoms with van der Waals surface area (Å²) in [6.07, 6.45) is 7.49. The minimum atomic E-state index is -0.249. The van der Waals surface area contributed by atoms with Crippen LogP contribution in [-0.2, 0) is 0 Å². The van der Waals surface area contributed by atoms with Gasteiger partial charge in [0.1, 0.15) is 11.3 Å². The van der Waals surface area contributed by atoms with Crippen LogP contribution in [0.1, 0.15) is 34.8 Å². The standard InChI is InChI=1S/C22H21ClN6O/c23-17-3-1-2-4-19(17)27-22(30)20-12-25-21-11-15(18-7-10-26-28-18)16(13-29(20)21)14-5-8-24-9-6-14/h1-4,7,10-14,24H,5-6,8-9H2,(H,26,28)(H,27,30). The number of anilines is 1. The average Bonchev–Trinajstić information content (AvgIpc) is 3.45. The molecule has 3 aromatic heterocycles. The summed E-state index contributed by atoms with van der Waals surface area (Å²) < 4.78 is 1.86. The zero-order chi connectivity index (χ0) is 20.5. The summed E-state index contributed by atoms with van der Waals surface area (Å²) >= 11 is 6.20. The van der Waals surface area contributed by atoms with Crippen LogP contribution in [0, 0.1) is 0 Å². The molecule has 0 aliphatic carbocycles. The van der Waals surface area contributed by atoms with Gasteiger partial charge in [-0.2, -0.15) is 5.10 Å². The number of nitrogens with zero attached hydrogens (tertiary/aromatic N) is 3. The van der Waals surface area contributed by atoms with E-state index in [9.17, 15) is 4.79 Å². The maximum Gasteiger partial charge on any atom is 0.274 e. The fourth-order valence-electron chi connectivity index (χ4n) is 4.05. The molecular formula is C22H21ClN6O. The Morgan fingerprint density at radius 3 is 2.80 bits per heavy atom. The molecule has 0 radical (unpaired) electrons. The number of piperidine rings is 1. The number of carbonyl (C=O) groups excluding carboxylic acids is 1. The smallest absolute Gasteiger partial charge is 0.274 e. The molecule has 0 bridgehead atoms. The molecule has 8 heteroatoms.